The van der Waals surface area contributed by atoms with Crippen molar-refractivity contribution in [3.8, 4) is 0 Å². The molecule has 0 aliphatic carbocycles. The van der Waals surface area contributed by atoms with E-state index in [1.165, 1.54) is 11.1 Å². The molecule has 1 aromatic heterocycles. The number of hydrogen-bond donors (Lipinski definition) is 2. The van der Waals surface area contributed by atoms with E-state index in [1.54, 1.807) is 18.8 Å². The molecule has 0 radical (unpaired) electrons. The molecule has 0 unspecified atom stereocenters. The van der Waals surface area contributed by atoms with Crippen LogP contribution < -0.4 is 10.6 Å². The van der Waals surface area contributed by atoms with Crippen LogP contribution in [0.5, 0.6) is 0 Å². The fourth-order valence-corrected chi connectivity index (χ4v) is 3.39. The zero-order chi connectivity index (χ0) is 19.6. The molecule has 156 valence electrons. The van der Waals surface area contributed by atoms with E-state index in [9.17, 15) is 0 Å². The number of aliphatic imine (C=N–C) groups is 1. The molecule has 0 aliphatic heterocycles. The summed E-state index contributed by atoms with van der Waals surface area (Å²) in [7, 11) is 1.80. The van der Waals surface area contributed by atoms with Gasteiger partial charge in [0.2, 0.25) is 0 Å². The SMILES string of the molecule is CN=C(NCCCc1nnc(SC)n1CC(C)C)NCc1ccccc1C.I. The lowest BCUT2D eigenvalue weighted by molar-refractivity contribution is 0.477. The second-order valence-electron chi connectivity index (χ2n) is 6.99. The van der Waals surface area contributed by atoms with Gasteiger partial charge >= 0.3 is 0 Å². The van der Waals surface area contributed by atoms with Gasteiger partial charge in [-0.25, -0.2) is 0 Å². The van der Waals surface area contributed by atoms with Gasteiger partial charge in [-0.2, -0.15) is 0 Å². The molecule has 1 aromatic carbocycles. The highest BCUT2D eigenvalue weighted by Gasteiger charge is 2.12. The first-order valence-electron chi connectivity index (χ1n) is 9.50. The highest BCUT2D eigenvalue weighted by Crippen LogP contribution is 2.16. The predicted octanol–water partition coefficient (Wildman–Crippen LogP) is 3.88. The summed E-state index contributed by atoms with van der Waals surface area (Å²) in [6.45, 7) is 9.15. The highest BCUT2D eigenvalue weighted by molar-refractivity contribution is 14.0. The summed E-state index contributed by atoms with van der Waals surface area (Å²) in [4.78, 5) is 4.31. The van der Waals surface area contributed by atoms with E-state index in [-0.39, 0.29) is 24.0 Å². The van der Waals surface area contributed by atoms with Gasteiger partial charge < -0.3 is 15.2 Å². The molecular weight excluding hydrogens is 483 g/mol. The van der Waals surface area contributed by atoms with E-state index in [4.69, 9.17) is 0 Å². The van der Waals surface area contributed by atoms with Crippen molar-refractivity contribution in [1.29, 1.82) is 0 Å². The van der Waals surface area contributed by atoms with Crippen LogP contribution in [-0.2, 0) is 19.5 Å². The summed E-state index contributed by atoms with van der Waals surface area (Å²) in [6, 6.07) is 8.40. The van der Waals surface area contributed by atoms with Crippen LogP contribution in [0, 0.1) is 12.8 Å². The van der Waals surface area contributed by atoms with E-state index in [1.807, 2.05) is 0 Å². The number of nitrogens with zero attached hydrogens (tertiary/aromatic N) is 4. The molecule has 1 heterocycles. The minimum Gasteiger partial charge on any atom is -0.356 e. The standard InChI is InChI=1S/C20H32N6S.HI/c1-15(2)14-26-18(24-25-20(26)27-5)11-8-12-22-19(21-4)23-13-17-10-7-6-9-16(17)3;/h6-7,9-10,15H,8,11-14H2,1-5H3,(H2,21,22,23);1H. The summed E-state index contributed by atoms with van der Waals surface area (Å²) >= 11 is 1.66. The third kappa shape index (κ3) is 7.62. The number of aryl methyl sites for hydroxylation is 2. The lowest BCUT2D eigenvalue weighted by Crippen LogP contribution is -2.37. The van der Waals surface area contributed by atoms with Gasteiger partial charge in [-0.05, 0) is 36.6 Å². The molecule has 6 nitrogen and oxygen atoms in total. The molecule has 0 atom stereocenters. The minimum atomic E-state index is 0. The van der Waals surface area contributed by atoms with Gasteiger partial charge in [0.1, 0.15) is 5.82 Å². The van der Waals surface area contributed by atoms with E-state index in [0.717, 1.165) is 49.4 Å². The number of rotatable bonds is 9. The van der Waals surface area contributed by atoms with Gasteiger partial charge in [0, 0.05) is 33.1 Å². The summed E-state index contributed by atoms with van der Waals surface area (Å²) in [5.74, 6) is 2.47. The van der Waals surface area contributed by atoms with Crippen LogP contribution in [0.25, 0.3) is 0 Å². The molecule has 0 saturated heterocycles. The third-order valence-electron chi connectivity index (χ3n) is 4.32. The largest absolute Gasteiger partial charge is 0.356 e. The smallest absolute Gasteiger partial charge is 0.191 e. The molecule has 2 aromatic rings. The molecule has 0 amide bonds. The first kappa shape index (κ1) is 24.7. The van der Waals surface area contributed by atoms with Crippen molar-refractivity contribution in [3.05, 3.63) is 41.2 Å². The Kier molecular flexibility index (Phi) is 11.5. The Morgan fingerprint density at radius 2 is 1.96 bits per heavy atom. The number of benzene rings is 1. The Labute approximate surface area is 190 Å². The third-order valence-corrected chi connectivity index (χ3v) is 4.99. The van der Waals surface area contributed by atoms with Crippen molar-refractivity contribution in [2.75, 3.05) is 19.8 Å². The van der Waals surface area contributed by atoms with Crippen LogP contribution in [0.3, 0.4) is 0 Å². The average molecular weight is 516 g/mol. The molecular formula is C20H33IN6S. The van der Waals surface area contributed by atoms with Crippen molar-refractivity contribution in [2.45, 2.75) is 51.9 Å². The maximum Gasteiger partial charge on any atom is 0.191 e. The molecule has 28 heavy (non-hydrogen) atoms. The Bertz CT molecular complexity index is 744. The fraction of sp³-hybridized carbons (Fsp3) is 0.550. The highest BCUT2D eigenvalue weighted by atomic mass is 127. The second-order valence-corrected chi connectivity index (χ2v) is 7.76. The minimum absolute atomic E-state index is 0. The van der Waals surface area contributed by atoms with Crippen molar-refractivity contribution in [1.82, 2.24) is 25.4 Å². The topological polar surface area (TPSA) is 67.1 Å². The Balaban J connectivity index is 0.00000392. The van der Waals surface area contributed by atoms with Crippen LogP contribution in [0.2, 0.25) is 0 Å². The van der Waals surface area contributed by atoms with Crippen LogP contribution in [-0.4, -0.2) is 40.6 Å². The van der Waals surface area contributed by atoms with Crippen LogP contribution in [0.4, 0.5) is 0 Å². The molecule has 2 N–H and O–H groups in total. The molecule has 0 spiro atoms. The molecule has 0 saturated carbocycles. The Morgan fingerprint density at radius 1 is 1.21 bits per heavy atom. The molecule has 0 bridgehead atoms. The van der Waals surface area contributed by atoms with Crippen molar-refractivity contribution in [3.63, 3.8) is 0 Å². The second kappa shape index (κ2) is 13.0. The number of guanidine groups is 1. The molecule has 8 heteroatoms. The van der Waals surface area contributed by atoms with E-state index in [0.29, 0.717) is 5.92 Å². The summed E-state index contributed by atoms with van der Waals surface area (Å²) < 4.78 is 2.25. The summed E-state index contributed by atoms with van der Waals surface area (Å²) in [6.07, 6.45) is 3.94. The lowest BCUT2D eigenvalue weighted by atomic mass is 10.1. The predicted molar refractivity (Wildman–Crippen MR) is 130 cm³/mol. The number of hydrogen-bond acceptors (Lipinski definition) is 4. The number of nitrogens with one attached hydrogen (secondary N) is 2. The number of halogens is 1. The maximum absolute atomic E-state index is 4.38. The van der Waals surface area contributed by atoms with Gasteiger partial charge in [-0.3, -0.25) is 4.99 Å². The first-order chi connectivity index (χ1) is 13.0. The molecule has 0 aliphatic rings. The zero-order valence-electron chi connectivity index (χ0n) is 17.5. The van der Waals surface area contributed by atoms with Gasteiger partial charge in [0.15, 0.2) is 11.1 Å². The maximum atomic E-state index is 4.38. The van der Waals surface area contributed by atoms with Crippen LogP contribution in [0.15, 0.2) is 34.4 Å². The molecule has 0 fully saturated rings. The Morgan fingerprint density at radius 3 is 2.61 bits per heavy atom. The van der Waals surface area contributed by atoms with Gasteiger partial charge in [0.05, 0.1) is 0 Å². The van der Waals surface area contributed by atoms with Gasteiger partial charge in [-0.15, -0.1) is 34.2 Å². The normalized spacial score (nSPS) is 11.4. The van der Waals surface area contributed by atoms with E-state index >= 15 is 0 Å². The van der Waals surface area contributed by atoms with Crippen molar-refractivity contribution < 1.29 is 0 Å². The van der Waals surface area contributed by atoms with Crippen LogP contribution >= 0.6 is 35.7 Å². The zero-order valence-corrected chi connectivity index (χ0v) is 20.7. The lowest BCUT2D eigenvalue weighted by Gasteiger charge is -2.14. The average Bonchev–Trinajstić information content (AvgIpc) is 3.03. The monoisotopic (exact) mass is 516 g/mol. The van der Waals surface area contributed by atoms with Crippen molar-refractivity contribution >= 4 is 41.7 Å². The fourth-order valence-electron chi connectivity index (χ4n) is 2.86. The number of thioether (sulfide) groups is 1. The number of aromatic nitrogens is 3. The van der Waals surface area contributed by atoms with Gasteiger partial charge in [0.25, 0.3) is 0 Å². The molecule has 2 rings (SSSR count). The van der Waals surface area contributed by atoms with Crippen LogP contribution in [0.1, 0.15) is 37.2 Å². The first-order valence-corrected chi connectivity index (χ1v) is 10.7. The quantitative estimate of drug-likeness (QED) is 0.174. The summed E-state index contributed by atoms with van der Waals surface area (Å²) in [5.41, 5.74) is 2.57. The summed E-state index contributed by atoms with van der Waals surface area (Å²) in [5, 5.41) is 16.5. The van der Waals surface area contributed by atoms with E-state index in [2.05, 4.69) is 81.7 Å². The van der Waals surface area contributed by atoms with E-state index < -0.39 is 0 Å². The Hall–Kier alpha value is -1.29. The van der Waals surface area contributed by atoms with Gasteiger partial charge in [-0.1, -0.05) is 49.9 Å². The van der Waals surface area contributed by atoms with Crippen molar-refractivity contribution in [2.24, 2.45) is 10.9 Å².